The first-order valence-corrected chi connectivity index (χ1v) is 10.9. The number of aromatic nitrogens is 1. The summed E-state index contributed by atoms with van der Waals surface area (Å²) in [7, 11) is 0. The van der Waals surface area contributed by atoms with Gasteiger partial charge in [-0.1, -0.05) is 19.3 Å². The van der Waals surface area contributed by atoms with Crippen LogP contribution < -0.4 is 20.8 Å². The lowest BCUT2D eigenvalue weighted by Crippen LogP contribution is -2.30. The first kappa shape index (κ1) is 23.8. The molecule has 0 bridgehead atoms. The number of carbonyl (C=O) groups is 2. The highest BCUT2D eigenvalue weighted by molar-refractivity contribution is 7.80. The van der Waals surface area contributed by atoms with E-state index >= 15 is 0 Å². The van der Waals surface area contributed by atoms with Gasteiger partial charge in [0.05, 0.1) is 0 Å². The Morgan fingerprint density at radius 2 is 1.73 bits per heavy atom. The molecule has 9 nitrogen and oxygen atoms in total. The van der Waals surface area contributed by atoms with Gasteiger partial charge in [-0.2, -0.15) is 0 Å². The number of amides is 1. The third kappa shape index (κ3) is 8.10. The second-order valence-corrected chi connectivity index (χ2v) is 7.99. The van der Waals surface area contributed by atoms with E-state index in [1.54, 1.807) is 0 Å². The van der Waals surface area contributed by atoms with Crippen LogP contribution in [0, 0.1) is 0 Å². The van der Waals surface area contributed by atoms with Crippen LogP contribution in [0.25, 0.3) is 0 Å². The summed E-state index contributed by atoms with van der Waals surface area (Å²) >= 11 is 5.10. The number of nitrogens with zero attached hydrogens (tertiary/aromatic N) is 1. The van der Waals surface area contributed by atoms with E-state index in [0.29, 0.717) is 36.2 Å². The Labute approximate surface area is 182 Å². The molecule has 0 spiro atoms. The number of aromatic hydroxyl groups is 2. The van der Waals surface area contributed by atoms with Gasteiger partial charge in [0.1, 0.15) is 0 Å². The van der Waals surface area contributed by atoms with Crippen LogP contribution >= 0.6 is 12.2 Å². The Balaban J connectivity index is 1.42. The number of carbonyl (C=O) groups excluding carboxylic acids is 2. The minimum absolute atomic E-state index is 0.0585. The molecule has 2 unspecified atom stereocenters. The largest absolute Gasteiger partial charge is 0.492 e. The standard InChI is InChI=1S/C20H32N4O5S/c1-14-15(23-20(30)22-14)8-4-2-5-9-16(25)21-13-7-3-6-10-19(28)29-24-17(26)11-12-18(24)27/h11-12,14-15,26-27H,2-10,13H2,1H3,(H,21,25)(H2,22,23,30). The Kier molecular flexibility index (Phi) is 9.72. The highest BCUT2D eigenvalue weighted by Crippen LogP contribution is 2.19. The summed E-state index contributed by atoms with van der Waals surface area (Å²) in [5, 5.41) is 28.9. The molecule has 1 aromatic heterocycles. The van der Waals surface area contributed by atoms with Crippen LogP contribution in [0.4, 0.5) is 0 Å². The number of thiocarbonyl (C=S) groups is 1. The zero-order valence-electron chi connectivity index (χ0n) is 17.4. The zero-order valence-corrected chi connectivity index (χ0v) is 18.2. The summed E-state index contributed by atoms with van der Waals surface area (Å²) in [5.74, 6) is -1.16. The van der Waals surface area contributed by atoms with E-state index in [1.165, 1.54) is 12.1 Å². The van der Waals surface area contributed by atoms with Crippen molar-refractivity contribution in [3.63, 3.8) is 0 Å². The molecule has 5 N–H and O–H groups in total. The van der Waals surface area contributed by atoms with E-state index in [2.05, 4.69) is 22.9 Å². The summed E-state index contributed by atoms with van der Waals surface area (Å²) in [6.45, 7) is 2.70. The van der Waals surface area contributed by atoms with Crippen molar-refractivity contribution in [3.05, 3.63) is 12.1 Å². The summed E-state index contributed by atoms with van der Waals surface area (Å²) in [6, 6.07) is 3.19. The monoisotopic (exact) mass is 440 g/mol. The van der Waals surface area contributed by atoms with Crippen molar-refractivity contribution < 1.29 is 24.6 Å². The quantitative estimate of drug-likeness (QED) is 0.232. The van der Waals surface area contributed by atoms with Gasteiger partial charge in [0.2, 0.25) is 17.7 Å². The van der Waals surface area contributed by atoms with Gasteiger partial charge in [-0.25, -0.2) is 4.79 Å². The molecule has 0 radical (unpaired) electrons. The predicted octanol–water partition coefficient (Wildman–Crippen LogP) is 1.72. The average molecular weight is 441 g/mol. The fraction of sp³-hybridized carbons (Fsp3) is 0.650. The molecule has 1 saturated heterocycles. The minimum atomic E-state index is -0.541. The van der Waals surface area contributed by atoms with Crippen LogP contribution in [0.1, 0.15) is 64.7 Å². The van der Waals surface area contributed by atoms with Crippen molar-refractivity contribution in [1.29, 1.82) is 0 Å². The maximum Gasteiger partial charge on any atom is 0.333 e. The molecule has 1 aliphatic rings. The van der Waals surface area contributed by atoms with Gasteiger partial charge in [-0.3, -0.25) is 4.79 Å². The zero-order chi connectivity index (χ0) is 21.9. The smallest absolute Gasteiger partial charge is 0.333 e. The van der Waals surface area contributed by atoms with Crippen LogP contribution in [0.15, 0.2) is 12.1 Å². The van der Waals surface area contributed by atoms with Crippen molar-refractivity contribution in [2.24, 2.45) is 0 Å². The van der Waals surface area contributed by atoms with Crippen molar-refractivity contribution in [2.75, 3.05) is 6.54 Å². The molecule has 1 amide bonds. The molecular weight excluding hydrogens is 408 g/mol. The van der Waals surface area contributed by atoms with Gasteiger partial charge in [0, 0.05) is 43.6 Å². The van der Waals surface area contributed by atoms with Gasteiger partial charge < -0.3 is 31.0 Å². The molecule has 0 aliphatic carbocycles. The maximum absolute atomic E-state index is 11.9. The lowest BCUT2D eigenvalue weighted by atomic mass is 10.0. The summed E-state index contributed by atoms with van der Waals surface area (Å²) < 4.78 is 0.680. The summed E-state index contributed by atoms with van der Waals surface area (Å²) in [6.07, 6.45) is 6.83. The highest BCUT2D eigenvalue weighted by Gasteiger charge is 2.24. The number of hydrogen-bond donors (Lipinski definition) is 5. The van der Waals surface area contributed by atoms with Crippen LogP contribution in [-0.4, -0.2) is 50.6 Å². The number of nitrogens with one attached hydrogen (secondary N) is 3. The molecule has 1 aromatic rings. The third-order valence-electron chi connectivity index (χ3n) is 5.07. The average Bonchev–Trinajstić information content (AvgIpc) is 3.19. The molecule has 30 heavy (non-hydrogen) atoms. The first-order valence-electron chi connectivity index (χ1n) is 10.5. The number of rotatable bonds is 13. The lowest BCUT2D eigenvalue weighted by molar-refractivity contribution is -0.145. The van der Waals surface area contributed by atoms with Crippen molar-refractivity contribution in [1.82, 2.24) is 20.7 Å². The molecule has 1 fully saturated rings. The minimum Gasteiger partial charge on any atom is -0.492 e. The van der Waals surface area contributed by atoms with Gasteiger partial charge in [-0.05, 0) is 44.8 Å². The fourth-order valence-corrected chi connectivity index (χ4v) is 3.66. The van der Waals surface area contributed by atoms with Crippen molar-refractivity contribution in [2.45, 2.75) is 76.8 Å². The third-order valence-corrected chi connectivity index (χ3v) is 5.30. The van der Waals surface area contributed by atoms with Gasteiger partial charge >= 0.3 is 5.97 Å². The highest BCUT2D eigenvalue weighted by atomic mass is 32.1. The predicted molar refractivity (Wildman–Crippen MR) is 116 cm³/mol. The maximum atomic E-state index is 11.9. The molecule has 1 aliphatic heterocycles. The molecule has 0 saturated carbocycles. The van der Waals surface area contributed by atoms with Crippen molar-refractivity contribution in [3.8, 4) is 11.8 Å². The summed E-state index contributed by atoms with van der Waals surface area (Å²) in [4.78, 5) is 28.4. The Hall–Kier alpha value is -2.49. The molecular formula is C20H32N4O5S. The van der Waals surface area contributed by atoms with E-state index in [9.17, 15) is 19.8 Å². The lowest BCUT2D eigenvalue weighted by Gasteiger charge is -2.14. The van der Waals surface area contributed by atoms with E-state index in [1.807, 2.05) is 0 Å². The molecule has 2 atom stereocenters. The van der Waals surface area contributed by atoms with Crippen LogP contribution in [0.5, 0.6) is 11.8 Å². The first-order chi connectivity index (χ1) is 14.4. The topological polar surface area (TPSA) is 125 Å². The van der Waals surface area contributed by atoms with Crippen LogP contribution in [0.2, 0.25) is 0 Å². The fourth-order valence-electron chi connectivity index (χ4n) is 3.32. The normalized spacial score (nSPS) is 18.0. The Morgan fingerprint density at radius 1 is 1.07 bits per heavy atom. The van der Waals surface area contributed by atoms with E-state index in [-0.39, 0.29) is 24.1 Å². The van der Waals surface area contributed by atoms with E-state index in [4.69, 9.17) is 17.1 Å². The molecule has 2 rings (SSSR count). The second-order valence-electron chi connectivity index (χ2n) is 7.58. The summed E-state index contributed by atoms with van der Waals surface area (Å²) in [5.41, 5.74) is 0. The van der Waals surface area contributed by atoms with E-state index < -0.39 is 5.97 Å². The Morgan fingerprint density at radius 3 is 2.40 bits per heavy atom. The number of hydrogen-bond acceptors (Lipinski definition) is 6. The molecule has 0 aromatic carbocycles. The van der Waals surface area contributed by atoms with Crippen LogP contribution in [-0.2, 0) is 9.59 Å². The van der Waals surface area contributed by atoms with E-state index in [0.717, 1.165) is 43.6 Å². The van der Waals surface area contributed by atoms with Gasteiger partial charge in [0.25, 0.3) is 0 Å². The molecule has 10 heteroatoms. The SMILES string of the molecule is CC1NC(=S)NC1CCCCCC(=O)NCCCCCC(=O)On1c(O)ccc1O. The Bertz CT molecular complexity index is 705. The number of unbranched alkanes of at least 4 members (excludes halogenated alkanes) is 4. The van der Waals surface area contributed by atoms with Gasteiger partial charge in [0.15, 0.2) is 5.11 Å². The molecule has 2 heterocycles. The van der Waals surface area contributed by atoms with Gasteiger partial charge in [-0.15, -0.1) is 4.73 Å². The van der Waals surface area contributed by atoms with Crippen molar-refractivity contribution >= 4 is 29.2 Å². The second kappa shape index (κ2) is 12.3. The molecule has 168 valence electrons. The van der Waals surface area contributed by atoms with Crippen LogP contribution in [0.3, 0.4) is 0 Å².